The predicted octanol–water partition coefficient (Wildman–Crippen LogP) is 1.75. The summed E-state index contributed by atoms with van der Waals surface area (Å²) in [5.74, 6) is 0.397. The molecule has 8 heteroatoms. The van der Waals surface area contributed by atoms with Crippen LogP contribution in [0.1, 0.15) is 20.8 Å². The molecular weight excluding hydrogens is 298 g/mol. The molecule has 1 aromatic heterocycles. The van der Waals surface area contributed by atoms with Crippen molar-refractivity contribution in [2.45, 2.75) is 26.4 Å². The first kappa shape index (κ1) is 16.9. The smallest absolute Gasteiger partial charge is 0.410 e. The monoisotopic (exact) mass is 321 g/mol. The molecule has 8 nitrogen and oxygen atoms in total. The standard InChI is InChI=1S/C15H23N5O3/c1-15(2,3)23-14(22)20-8-6-19(7-9-20)13(21)18-11-4-5-12(16)17-10-11/h4-5,10H,6-9H2,1-3H3,(H2,16,17)(H,18,21). The van der Waals surface area contributed by atoms with Gasteiger partial charge >= 0.3 is 12.1 Å². The first-order valence-electron chi connectivity index (χ1n) is 7.50. The van der Waals surface area contributed by atoms with E-state index in [1.807, 2.05) is 20.8 Å². The Morgan fingerprint density at radius 3 is 2.30 bits per heavy atom. The average Bonchev–Trinajstić information content (AvgIpc) is 2.48. The number of rotatable bonds is 1. The van der Waals surface area contributed by atoms with E-state index in [0.717, 1.165) is 0 Å². The minimum Gasteiger partial charge on any atom is -0.444 e. The van der Waals surface area contributed by atoms with Crippen molar-refractivity contribution < 1.29 is 14.3 Å². The Hall–Kier alpha value is -2.51. The van der Waals surface area contributed by atoms with Crippen LogP contribution in [0.2, 0.25) is 0 Å². The second-order valence-electron chi connectivity index (χ2n) is 6.36. The molecule has 1 aromatic rings. The molecule has 0 aromatic carbocycles. The van der Waals surface area contributed by atoms with E-state index < -0.39 is 5.60 Å². The van der Waals surface area contributed by atoms with Gasteiger partial charge in [0, 0.05) is 26.2 Å². The van der Waals surface area contributed by atoms with Gasteiger partial charge in [0.05, 0.1) is 11.9 Å². The molecule has 3 N–H and O–H groups in total. The number of hydrogen-bond acceptors (Lipinski definition) is 5. The maximum Gasteiger partial charge on any atom is 0.410 e. The van der Waals surface area contributed by atoms with E-state index in [1.165, 1.54) is 6.20 Å². The molecule has 2 rings (SSSR count). The van der Waals surface area contributed by atoms with Crippen molar-refractivity contribution in [3.8, 4) is 0 Å². The lowest BCUT2D eigenvalue weighted by Crippen LogP contribution is -2.52. The highest BCUT2D eigenvalue weighted by atomic mass is 16.6. The van der Waals surface area contributed by atoms with Gasteiger partial charge in [-0.1, -0.05) is 0 Å². The molecule has 0 spiro atoms. The average molecular weight is 321 g/mol. The van der Waals surface area contributed by atoms with Crippen LogP contribution < -0.4 is 11.1 Å². The summed E-state index contributed by atoms with van der Waals surface area (Å²) in [7, 11) is 0. The zero-order valence-electron chi connectivity index (χ0n) is 13.7. The fourth-order valence-corrected chi connectivity index (χ4v) is 2.10. The van der Waals surface area contributed by atoms with Crippen molar-refractivity contribution in [2.75, 3.05) is 37.2 Å². The number of piperazine rings is 1. The first-order chi connectivity index (χ1) is 10.7. The fourth-order valence-electron chi connectivity index (χ4n) is 2.10. The van der Waals surface area contributed by atoms with Crippen molar-refractivity contribution in [1.29, 1.82) is 0 Å². The number of nitrogens with zero attached hydrogens (tertiary/aromatic N) is 3. The summed E-state index contributed by atoms with van der Waals surface area (Å²) >= 11 is 0. The minimum atomic E-state index is -0.520. The van der Waals surface area contributed by atoms with Gasteiger partial charge in [0.2, 0.25) is 0 Å². The number of ether oxygens (including phenoxy) is 1. The Labute approximate surface area is 135 Å². The summed E-state index contributed by atoms with van der Waals surface area (Å²) in [5, 5.41) is 2.76. The van der Waals surface area contributed by atoms with Gasteiger partial charge in [-0.05, 0) is 32.9 Å². The van der Waals surface area contributed by atoms with Crippen molar-refractivity contribution in [3.63, 3.8) is 0 Å². The number of aromatic nitrogens is 1. The van der Waals surface area contributed by atoms with Crippen LogP contribution in [0.4, 0.5) is 21.1 Å². The van der Waals surface area contributed by atoms with Gasteiger partial charge in [-0.3, -0.25) is 0 Å². The third kappa shape index (κ3) is 5.01. The summed E-state index contributed by atoms with van der Waals surface area (Å²) in [6, 6.07) is 3.09. The van der Waals surface area contributed by atoms with Crippen molar-refractivity contribution >= 4 is 23.6 Å². The number of carbonyl (C=O) groups is 2. The van der Waals surface area contributed by atoms with Crippen LogP contribution in [0.5, 0.6) is 0 Å². The number of nitrogens with one attached hydrogen (secondary N) is 1. The van der Waals surface area contributed by atoms with Gasteiger partial charge in [-0.25, -0.2) is 14.6 Å². The summed E-state index contributed by atoms with van der Waals surface area (Å²) in [5.41, 5.74) is 5.57. The Kier molecular flexibility index (Phi) is 4.92. The molecule has 23 heavy (non-hydrogen) atoms. The number of carbonyl (C=O) groups excluding carboxylic acids is 2. The molecule has 0 bridgehead atoms. The quantitative estimate of drug-likeness (QED) is 0.820. The highest BCUT2D eigenvalue weighted by molar-refractivity contribution is 5.89. The van der Waals surface area contributed by atoms with Gasteiger partial charge < -0.3 is 25.6 Å². The van der Waals surface area contributed by atoms with Crippen molar-refractivity contribution in [3.05, 3.63) is 18.3 Å². The fraction of sp³-hybridized carbons (Fsp3) is 0.533. The molecule has 1 fully saturated rings. The minimum absolute atomic E-state index is 0.222. The van der Waals surface area contributed by atoms with Gasteiger partial charge in [-0.15, -0.1) is 0 Å². The van der Waals surface area contributed by atoms with E-state index in [-0.39, 0.29) is 12.1 Å². The molecule has 0 saturated carbocycles. The SMILES string of the molecule is CC(C)(C)OC(=O)N1CCN(C(=O)Nc2ccc(N)nc2)CC1. The van der Waals surface area contributed by atoms with Crippen LogP contribution in [0.15, 0.2) is 18.3 Å². The molecule has 3 amide bonds. The lowest BCUT2D eigenvalue weighted by molar-refractivity contribution is 0.0174. The second-order valence-corrected chi connectivity index (χ2v) is 6.36. The summed E-state index contributed by atoms with van der Waals surface area (Å²) in [6.07, 6.45) is 1.16. The topological polar surface area (TPSA) is 101 Å². The van der Waals surface area contributed by atoms with Crippen LogP contribution in [0.25, 0.3) is 0 Å². The first-order valence-corrected chi connectivity index (χ1v) is 7.50. The van der Waals surface area contributed by atoms with Gasteiger partial charge in [0.15, 0.2) is 0 Å². The molecule has 126 valence electrons. The normalized spacial score (nSPS) is 15.3. The number of nitrogen functional groups attached to an aromatic ring is 1. The number of anilines is 2. The molecule has 1 saturated heterocycles. The Morgan fingerprint density at radius 1 is 1.17 bits per heavy atom. The van der Waals surface area contributed by atoms with Crippen LogP contribution in [-0.2, 0) is 4.74 Å². The van der Waals surface area contributed by atoms with Gasteiger partial charge in [0.1, 0.15) is 11.4 Å². The zero-order chi connectivity index (χ0) is 17.0. The van der Waals surface area contributed by atoms with Crippen LogP contribution >= 0.6 is 0 Å². The third-order valence-corrected chi connectivity index (χ3v) is 3.26. The maximum atomic E-state index is 12.2. The summed E-state index contributed by atoms with van der Waals surface area (Å²) < 4.78 is 5.33. The van der Waals surface area contributed by atoms with Gasteiger partial charge in [0.25, 0.3) is 0 Å². The maximum absolute atomic E-state index is 12.2. The second kappa shape index (κ2) is 6.72. The Balaban J connectivity index is 1.83. The molecular formula is C15H23N5O3. The number of nitrogens with two attached hydrogens (primary N) is 1. The number of hydrogen-bond donors (Lipinski definition) is 2. The van der Waals surface area contributed by atoms with E-state index in [4.69, 9.17) is 10.5 Å². The van der Waals surface area contributed by atoms with E-state index in [1.54, 1.807) is 21.9 Å². The highest BCUT2D eigenvalue weighted by Gasteiger charge is 2.27. The molecule has 0 atom stereocenters. The van der Waals surface area contributed by atoms with Crippen LogP contribution in [0.3, 0.4) is 0 Å². The highest BCUT2D eigenvalue weighted by Crippen LogP contribution is 2.13. The Morgan fingerprint density at radius 2 is 1.78 bits per heavy atom. The lowest BCUT2D eigenvalue weighted by atomic mass is 10.2. The van der Waals surface area contributed by atoms with E-state index >= 15 is 0 Å². The molecule has 0 aliphatic carbocycles. The number of amides is 3. The summed E-state index contributed by atoms with van der Waals surface area (Å²) in [6.45, 7) is 7.28. The Bertz CT molecular complexity index is 559. The molecule has 0 unspecified atom stereocenters. The molecule has 1 aliphatic rings. The molecule has 0 radical (unpaired) electrons. The lowest BCUT2D eigenvalue weighted by Gasteiger charge is -2.35. The predicted molar refractivity (Wildman–Crippen MR) is 87.0 cm³/mol. The molecule has 2 heterocycles. The van der Waals surface area contributed by atoms with Crippen molar-refractivity contribution in [2.24, 2.45) is 0 Å². The van der Waals surface area contributed by atoms with E-state index in [2.05, 4.69) is 10.3 Å². The molecule has 1 aliphatic heterocycles. The van der Waals surface area contributed by atoms with Crippen LogP contribution in [-0.4, -0.2) is 58.7 Å². The van der Waals surface area contributed by atoms with E-state index in [9.17, 15) is 9.59 Å². The number of urea groups is 1. The largest absolute Gasteiger partial charge is 0.444 e. The summed E-state index contributed by atoms with van der Waals surface area (Å²) in [4.78, 5) is 31.3. The number of pyridine rings is 1. The van der Waals surface area contributed by atoms with Crippen molar-refractivity contribution in [1.82, 2.24) is 14.8 Å². The zero-order valence-corrected chi connectivity index (χ0v) is 13.7. The van der Waals surface area contributed by atoms with Crippen LogP contribution in [0, 0.1) is 0 Å². The third-order valence-electron chi connectivity index (χ3n) is 3.26. The van der Waals surface area contributed by atoms with E-state index in [0.29, 0.717) is 37.7 Å². The van der Waals surface area contributed by atoms with Gasteiger partial charge in [-0.2, -0.15) is 0 Å².